The van der Waals surface area contributed by atoms with Gasteiger partial charge in [-0.1, -0.05) is 19.3 Å². The summed E-state index contributed by atoms with van der Waals surface area (Å²) in [6, 6.07) is 0. The van der Waals surface area contributed by atoms with Crippen molar-refractivity contribution in [3.05, 3.63) is 5.01 Å². The van der Waals surface area contributed by atoms with E-state index in [9.17, 15) is 0 Å². The number of ether oxygens (including phenoxy) is 1. The number of rotatable bonds is 2. The molecule has 0 saturated heterocycles. The molecule has 0 aromatic carbocycles. The minimum Gasteiger partial charge on any atom is -0.363 e. The van der Waals surface area contributed by atoms with Crippen LogP contribution < -0.4 is 0 Å². The summed E-state index contributed by atoms with van der Waals surface area (Å²) in [7, 11) is 1.73. The van der Waals surface area contributed by atoms with Crippen LogP contribution in [-0.4, -0.2) is 7.11 Å². The molecule has 0 unspecified atom stereocenters. The van der Waals surface area contributed by atoms with Crippen molar-refractivity contribution >= 4 is 15.9 Å². The van der Waals surface area contributed by atoms with Crippen molar-refractivity contribution in [2.45, 2.75) is 32.1 Å². The summed E-state index contributed by atoms with van der Waals surface area (Å²) >= 11 is 3.43. The van der Waals surface area contributed by atoms with Gasteiger partial charge in [-0.15, -0.1) is 0 Å². The van der Waals surface area contributed by atoms with Crippen molar-refractivity contribution in [3.8, 4) is 0 Å². The number of methoxy groups -OCH3 is 1. The maximum atomic E-state index is 5.12. The Labute approximate surface area is 71.3 Å². The van der Waals surface area contributed by atoms with E-state index in [1.54, 1.807) is 7.11 Å². The fourth-order valence-corrected chi connectivity index (χ4v) is 1.95. The van der Waals surface area contributed by atoms with Crippen molar-refractivity contribution in [3.63, 3.8) is 0 Å². The fourth-order valence-electron chi connectivity index (χ4n) is 1.50. The molecular formula is C8H14BrO. The molecule has 0 spiro atoms. The summed E-state index contributed by atoms with van der Waals surface area (Å²) in [4.78, 5) is 0. The van der Waals surface area contributed by atoms with Crippen LogP contribution in [0.25, 0.3) is 0 Å². The lowest BCUT2D eigenvalue weighted by Gasteiger charge is -2.23. The highest BCUT2D eigenvalue weighted by Crippen LogP contribution is 2.34. The van der Waals surface area contributed by atoms with Gasteiger partial charge in [-0.3, -0.25) is 0 Å². The molecule has 1 saturated carbocycles. The van der Waals surface area contributed by atoms with Crippen molar-refractivity contribution in [1.29, 1.82) is 0 Å². The van der Waals surface area contributed by atoms with Crippen LogP contribution in [0, 0.1) is 10.9 Å². The first-order valence-corrected chi connectivity index (χ1v) is 4.70. The summed E-state index contributed by atoms with van der Waals surface area (Å²) in [6.45, 7) is 0. The molecule has 0 bridgehead atoms. The summed E-state index contributed by atoms with van der Waals surface area (Å²) in [6.07, 6.45) is 6.73. The van der Waals surface area contributed by atoms with Gasteiger partial charge in [0, 0.05) is 13.0 Å². The van der Waals surface area contributed by atoms with E-state index in [4.69, 9.17) is 4.74 Å². The van der Waals surface area contributed by atoms with Crippen LogP contribution in [0.3, 0.4) is 0 Å². The van der Waals surface area contributed by atoms with Crippen LogP contribution in [0.15, 0.2) is 0 Å². The lowest BCUT2D eigenvalue weighted by atomic mass is 9.90. The van der Waals surface area contributed by atoms with E-state index in [1.165, 1.54) is 32.1 Å². The third kappa shape index (κ3) is 2.24. The maximum absolute atomic E-state index is 5.12. The summed E-state index contributed by atoms with van der Waals surface area (Å²) in [5.74, 6) is 0.679. The lowest BCUT2D eigenvalue weighted by molar-refractivity contribution is 0.187. The SMILES string of the molecule is CO[C](Br)C1CCCCC1. The summed E-state index contributed by atoms with van der Waals surface area (Å²) < 4.78 is 5.12. The van der Waals surface area contributed by atoms with Gasteiger partial charge in [0.05, 0.1) is 0 Å². The molecule has 0 aromatic rings. The summed E-state index contributed by atoms with van der Waals surface area (Å²) in [5, 5.41) is 1.05. The van der Waals surface area contributed by atoms with Gasteiger partial charge >= 0.3 is 0 Å². The molecule has 0 amide bonds. The number of hydrogen-bond donors (Lipinski definition) is 0. The third-order valence-corrected chi connectivity index (χ3v) is 3.09. The Bertz CT molecular complexity index is 89.3. The van der Waals surface area contributed by atoms with Crippen molar-refractivity contribution in [2.24, 2.45) is 5.92 Å². The Kier molecular flexibility index (Phi) is 3.71. The molecule has 1 rings (SSSR count). The Morgan fingerprint density at radius 3 is 2.40 bits per heavy atom. The van der Waals surface area contributed by atoms with E-state index in [0.29, 0.717) is 5.92 Å². The average molecular weight is 206 g/mol. The highest BCUT2D eigenvalue weighted by atomic mass is 79.9. The van der Waals surface area contributed by atoms with Crippen LogP contribution in [-0.2, 0) is 4.74 Å². The average Bonchev–Trinajstić information content (AvgIpc) is 2.05. The Morgan fingerprint density at radius 1 is 1.30 bits per heavy atom. The van der Waals surface area contributed by atoms with Gasteiger partial charge in [0.25, 0.3) is 0 Å². The third-order valence-electron chi connectivity index (χ3n) is 2.12. The number of halogens is 1. The van der Waals surface area contributed by atoms with Crippen LogP contribution in [0.2, 0.25) is 0 Å². The highest BCUT2D eigenvalue weighted by Gasteiger charge is 2.21. The van der Waals surface area contributed by atoms with Gasteiger partial charge in [0.15, 0.2) is 5.01 Å². The molecule has 1 nitrogen and oxygen atoms in total. The van der Waals surface area contributed by atoms with E-state index >= 15 is 0 Å². The molecule has 1 radical (unpaired) electrons. The van der Waals surface area contributed by atoms with Gasteiger partial charge in [0.1, 0.15) is 0 Å². The minimum absolute atomic E-state index is 0.679. The van der Waals surface area contributed by atoms with Crippen LogP contribution >= 0.6 is 15.9 Å². The molecule has 10 heavy (non-hydrogen) atoms. The molecule has 2 heteroatoms. The molecule has 1 aliphatic rings. The van der Waals surface area contributed by atoms with E-state index in [2.05, 4.69) is 15.9 Å². The molecule has 0 aromatic heterocycles. The monoisotopic (exact) mass is 205 g/mol. The van der Waals surface area contributed by atoms with Gasteiger partial charge in [-0.05, 0) is 28.8 Å². The first-order chi connectivity index (χ1) is 4.84. The van der Waals surface area contributed by atoms with E-state index in [-0.39, 0.29) is 0 Å². The van der Waals surface area contributed by atoms with Gasteiger partial charge in [-0.2, -0.15) is 0 Å². The van der Waals surface area contributed by atoms with Crippen LogP contribution in [0.1, 0.15) is 32.1 Å². The molecule has 0 N–H and O–H groups in total. The zero-order chi connectivity index (χ0) is 7.40. The molecule has 0 heterocycles. The molecule has 1 aliphatic carbocycles. The van der Waals surface area contributed by atoms with Crippen LogP contribution in [0.4, 0.5) is 0 Å². The van der Waals surface area contributed by atoms with E-state index in [1.807, 2.05) is 0 Å². The fraction of sp³-hybridized carbons (Fsp3) is 0.875. The number of hydrogen-bond acceptors (Lipinski definition) is 1. The van der Waals surface area contributed by atoms with Crippen molar-refractivity contribution in [1.82, 2.24) is 0 Å². The van der Waals surface area contributed by atoms with Gasteiger partial charge in [-0.25, -0.2) is 0 Å². The van der Waals surface area contributed by atoms with E-state index in [0.717, 1.165) is 5.01 Å². The molecule has 59 valence electrons. The Balaban J connectivity index is 2.24. The molecule has 0 atom stereocenters. The standard InChI is InChI=1S/C8H14BrO/c1-10-8(9)7-5-3-2-4-6-7/h7H,2-6H2,1H3. The lowest BCUT2D eigenvalue weighted by Crippen LogP contribution is -2.12. The molecule has 0 aliphatic heterocycles. The van der Waals surface area contributed by atoms with Crippen LogP contribution in [0.5, 0.6) is 0 Å². The quantitative estimate of drug-likeness (QED) is 0.674. The second-order valence-electron chi connectivity index (χ2n) is 2.84. The maximum Gasteiger partial charge on any atom is 0.164 e. The second-order valence-corrected chi connectivity index (χ2v) is 3.62. The first kappa shape index (κ1) is 8.54. The first-order valence-electron chi connectivity index (χ1n) is 3.91. The van der Waals surface area contributed by atoms with Crippen molar-refractivity contribution in [2.75, 3.05) is 7.11 Å². The predicted molar refractivity (Wildman–Crippen MR) is 45.8 cm³/mol. The summed E-state index contributed by atoms with van der Waals surface area (Å²) in [5.41, 5.74) is 0. The van der Waals surface area contributed by atoms with Gasteiger partial charge < -0.3 is 4.74 Å². The topological polar surface area (TPSA) is 9.23 Å². The Morgan fingerprint density at radius 2 is 1.90 bits per heavy atom. The van der Waals surface area contributed by atoms with Crippen molar-refractivity contribution < 1.29 is 4.74 Å². The molecule has 1 fully saturated rings. The second kappa shape index (κ2) is 4.35. The Hall–Kier alpha value is 0.440. The minimum atomic E-state index is 0.679. The molecular weight excluding hydrogens is 192 g/mol. The predicted octanol–water partition coefficient (Wildman–Crippen LogP) is 3.10. The van der Waals surface area contributed by atoms with Gasteiger partial charge in [0.2, 0.25) is 0 Å². The zero-order valence-corrected chi connectivity index (χ0v) is 7.99. The highest BCUT2D eigenvalue weighted by molar-refractivity contribution is 9.11. The zero-order valence-electron chi connectivity index (χ0n) is 6.40. The normalized spacial score (nSPS) is 21.9. The largest absolute Gasteiger partial charge is 0.363 e. The van der Waals surface area contributed by atoms with E-state index < -0.39 is 0 Å². The smallest absolute Gasteiger partial charge is 0.164 e.